The summed E-state index contributed by atoms with van der Waals surface area (Å²) in [4.78, 5) is 23.2. The molecule has 0 saturated heterocycles. The van der Waals surface area contributed by atoms with Crippen LogP contribution >= 0.6 is 0 Å². The Balaban J connectivity index is 2.69. The van der Waals surface area contributed by atoms with Gasteiger partial charge in [0.15, 0.2) is 0 Å². The molecule has 0 aliphatic heterocycles. The summed E-state index contributed by atoms with van der Waals surface area (Å²) in [5.41, 5.74) is -1.10. The summed E-state index contributed by atoms with van der Waals surface area (Å²) in [5.74, 6) is -2.74. The van der Waals surface area contributed by atoms with Crippen LogP contribution < -0.4 is 5.32 Å². The molecule has 0 unspecified atom stereocenters. The third kappa shape index (κ3) is 4.24. The number of amides is 1. The Morgan fingerprint density at radius 2 is 1.86 bits per heavy atom. The molecule has 0 saturated carbocycles. The molecule has 0 heterocycles. The SMILES string of the molecule is CCC(CC)(CC(=O)NCc1cc(F)ccc1F)C(=O)O. The van der Waals surface area contributed by atoms with Gasteiger partial charge in [0.1, 0.15) is 11.6 Å². The molecule has 0 radical (unpaired) electrons. The predicted molar refractivity (Wildman–Crippen MR) is 73.5 cm³/mol. The highest BCUT2D eigenvalue weighted by atomic mass is 19.1. The van der Waals surface area contributed by atoms with E-state index < -0.39 is 28.9 Å². The van der Waals surface area contributed by atoms with Crippen LogP contribution in [-0.4, -0.2) is 17.0 Å². The molecule has 1 aromatic rings. The van der Waals surface area contributed by atoms with Crippen molar-refractivity contribution in [2.75, 3.05) is 0 Å². The fraction of sp³-hybridized carbons (Fsp3) is 0.467. The molecule has 1 aromatic carbocycles. The minimum Gasteiger partial charge on any atom is -0.481 e. The van der Waals surface area contributed by atoms with Gasteiger partial charge in [0.2, 0.25) is 5.91 Å². The van der Waals surface area contributed by atoms with Gasteiger partial charge in [-0.25, -0.2) is 8.78 Å². The highest BCUT2D eigenvalue weighted by Gasteiger charge is 2.37. The number of carbonyl (C=O) groups excluding carboxylic acids is 1. The van der Waals surface area contributed by atoms with E-state index in [4.69, 9.17) is 0 Å². The number of hydrogen-bond donors (Lipinski definition) is 2. The van der Waals surface area contributed by atoms with Crippen LogP contribution in [0.5, 0.6) is 0 Å². The zero-order chi connectivity index (χ0) is 16.0. The Morgan fingerprint density at radius 3 is 2.38 bits per heavy atom. The number of carboxylic acids is 1. The smallest absolute Gasteiger partial charge is 0.310 e. The van der Waals surface area contributed by atoms with Gasteiger partial charge < -0.3 is 10.4 Å². The molecule has 1 rings (SSSR count). The first-order valence-corrected chi connectivity index (χ1v) is 6.78. The van der Waals surface area contributed by atoms with E-state index in [1.807, 2.05) is 0 Å². The molecule has 2 N–H and O–H groups in total. The van der Waals surface area contributed by atoms with E-state index in [-0.39, 0.29) is 18.5 Å². The van der Waals surface area contributed by atoms with Crippen molar-refractivity contribution in [1.82, 2.24) is 5.32 Å². The van der Waals surface area contributed by atoms with Crippen molar-refractivity contribution in [2.45, 2.75) is 39.7 Å². The molecule has 0 bridgehead atoms. The van der Waals surface area contributed by atoms with Crippen LogP contribution in [-0.2, 0) is 16.1 Å². The van der Waals surface area contributed by atoms with Crippen molar-refractivity contribution in [3.8, 4) is 0 Å². The largest absolute Gasteiger partial charge is 0.481 e. The van der Waals surface area contributed by atoms with Gasteiger partial charge >= 0.3 is 5.97 Å². The van der Waals surface area contributed by atoms with E-state index >= 15 is 0 Å². The molecule has 0 fully saturated rings. The van der Waals surface area contributed by atoms with Crippen LogP contribution in [0.25, 0.3) is 0 Å². The van der Waals surface area contributed by atoms with E-state index in [1.165, 1.54) is 0 Å². The molecule has 1 amide bonds. The molecule has 0 aliphatic rings. The van der Waals surface area contributed by atoms with Crippen LogP contribution in [0, 0.1) is 17.0 Å². The van der Waals surface area contributed by atoms with E-state index in [9.17, 15) is 23.5 Å². The van der Waals surface area contributed by atoms with Gasteiger partial charge in [0.05, 0.1) is 5.41 Å². The zero-order valence-corrected chi connectivity index (χ0v) is 12.1. The van der Waals surface area contributed by atoms with Gasteiger partial charge in [-0.2, -0.15) is 0 Å². The number of rotatable bonds is 7. The fourth-order valence-corrected chi connectivity index (χ4v) is 2.12. The summed E-state index contributed by atoms with van der Waals surface area (Å²) in [6.07, 6.45) is 0.452. The third-order valence-electron chi connectivity index (χ3n) is 3.79. The number of benzene rings is 1. The number of hydrogen-bond acceptors (Lipinski definition) is 2. The second-order valence-corrected chi connectivity index (χ2v) is 4.98. The fourth-order valence-electron chi connectivity index (χ4n) is 2.12. The first-order chi connectivity index (χ1) is 9.84. The maximum absolute atomic E-state index is 13.4. The number of aliphatic carboxylic acids is 1. The van der Waals surface area contributed by atoms with Gasteiger partial charge in [-0.15, -0.1) is 0 Å². The molecular weight excluding hydrogens is 280 g/mol. The summed E-state index contributed by atoms with van der Waals surface area (Å²) in [7, 11) is 0. The Bertz CT molecular complexity index is 528. The summed E-state index contributed by atoms with van der Waals surface area (Å²) in [6.45, 7) is 3.24. The normalized spacial score (nSPS) is 11.2. The number of carboxylic acid groups (broad SMARTS) is 1. The molecule has 0 atom stereocenters. The summed E-state index contributed by atoms with van der Waals surface area (Å²) >= 11 is 0. The van der Waals surface area contributed by atoms with Crippen LogP contribution in [0.2, 0.25) is 0 Å². The van der Waals surface area contributed by atoms with Crippen molar-refractivity contribution in [2.24, 2.45) is 5.41 Å². The first kappa shape index (κ1) is 17.1. The summed E-state index contributed by atoms with van der Waals surface area (Å²) in [5, 5.41) is 11.7. The van der Waals surface area contributed by atoms with E-state index in [0.717, 1.165) is 18.2 Å². The Hall–Kier alpha value is -1.98. The average Bonchev–Trinajstić information content (AvgIpc) is 2.45. The quantitative estimate of drug-likeness (QED) is 0.813. The van der Waals surface area contributed by atoms with Gasteiger partial charge in [-0.05, 0) is 31.0 Å². The maximum Gasteiger partial charge on any atom is 0.310 e. The monoisotopic (exact) mass is 299 g/mol. The van der Waals surface area contributed by atoms with E-state index in [0.29, 0.717) is 12.8 Å². The maximum atomic E-state index is 13.4. The first-order valence-electron chi connectivity index (χ1n) is 6.78. The van der Waals surface area contributed by atoms with Crippen LogP contribution in [0.15, 0.2) is 18.2 Å². The molecule has 0 aliphatic carbocycles. The number of nitrogens with one attached hydrogen (secondary N) is 1. The second kappa shape index (κ2) is 7.15. The molecule has 6 heteroatoms. The topological polar surface area (TPSA) is 66.4 Å². The Kier molecular flexibility index (Phi) is 5.81. The van der Waals surface area contributed by atoms with Gasteiger partial charge in [0.25, 0.3) is 0 Å². The van der Waals surface area contributed by atoms with Crippen LogP contribution in [0.4, 0.5) is 8.78 Å². The Morgan fingerprint density at radius 1 is 1.24 bits per heavy atom. The van der Waals surface area contributed by atoms with Crippen molar-refractivity contribution in [3.63, 3.8) is 0 Å². The molecule has 0 spiro atoms. The number of carbonyl (C=O) groups is 2. The number of halogens is 2. The lowest BCUT2D eigenvalue weighted by atomic mass is 9.79. The van der Waals surface area contributed by atoms with Crippen molar-refractivity contribution >= 4 is 11.9 Å². The van der Waals surface area contributed by atoms with Gasteiger partial charge in [0, 0.05) is 18.5 Å². The Labute approximate surface area is 122 Å². The molecular formula is C15H19F2NO3. The lowest BCUT2D eigenvalue weighted by molar-refractivity contribution is -0.152. The minimum atomic E-state index is -1.12. The lowest BCUT2D eigenvalue weighted by Crippen LogP contribution is -2.36. The third-order valence-corrected chi connectivity index (χ3v) is 3.79. The van der Waals surface area contributed by atoms with Crippen molar-refractivity contribution < 1.29 is 23.5 Å². The van der Waals surface area contributed by atoms with Gasteiger partial charge in [-0.3, -0.25) is 9.59 Å². The molecule has 4 nitrogen and oxygen atoms in total. The molecule has 116 valence electrons. The predicted octanol–water partition coefficient (Wildman–Crippen LogP) is 2.86. The standard InChI is InChI=1S/C15H19F2NO3/c1-3-15(4-2,14(20)21)8-13(19)18-9-10-7-11(16)5-6-12(10)17/h5-7H,3-4,8-9H2,1-2H3,(H,18,19)(H,20,21). The minimum absolute atomic E-state index is 0.0253. The van der Waals surface area contributed by atoms with Crippen molar-refractivity contribution in [3.05, 3.63) is 35.4 Å². The van der Waals surface area contributed by atoms with E-state index in [2.05, 4.69) is 5.32 Å². The zero-order valence-electron chi connectivity index (χ0n) is 12.1. The average molecular weight is 299 g/mol. The van der Waals surface area contributed by atoms with Crippen LogP contribution in [0.1, 0.15) is 38.7 Å². The van der Waals surface area contributed by atoms with E-state index in [1.54, 1.807) is 13.8 Å². The lowest BCUT2D eigenvalue weighted by Gasteiger charge is -2.25. The summed E-state index contributed by atoms with van der Waals surface area (Å²) in [6, 6.07) is 2.97. The van der Waals surface area contributed by atoms with Crippen molar-refractivity contribution in [1.29, 1.82) is 0 Å². The molecule has 21 heavy (non-hydrogen) atoms. The van der Waals surface area contributed by atoms with Gasteiger partial charge in [-0.1, -0.05) is 13.8 Å². The summed E-state index contributed by atoms with van der Waals surface area (Å²) < 4.78 is 26.4. The van der Waals surface area contributed by atoms with Crippen LogP contribution in [0.3, 0.4) is 0 Å². The second-order valence-electron chi connectivity index (χ2n) is 4.98. The molecule has 0 aromatic heterocycles. The highest BCUT2D eigenvalue weighted by molar-refractivity contribution is 5.84. The highest BCUT2D eigenvalue weighted by Crippen LogP contribution is 2.30.